The maximum absolute atomic E-state index is 12.2. The summed E-state index contributed by atoms with van der Waals surface area (Å²) in [7, 11) is 0. The number of hydrogen-bond donors (Lipinski definition) is 2. The quantitative estimate of drug-likeness (QED) is 0.843. The normalized spacial score (nSPS) is 15.4. The number of benzene rings is 1. The van der Waals surface area contributed by atoms with Crippen molar-refractivity contribution in [2.24, 2.45) is 0 Å². The number of aliphatic hydroxyl groups excluding tert-OH is 1. The second kappa shape index (κ2) is 7.64. The highest BCUT2D eigenvalue weighted by atomic mass is 35.5. The molecule has 24 heavy (non-hydrogen) atoms. The Morgan fingerprint density at radius 2 is 2.08 bits per heavy atom. The summed E-state index contributed by atoms with van der Waals surface area (Å²) in [5.41, 5.74) is 1.06. The molecule has 1 aromatic carbocycles. The molecule has 126 valence electrons. The molecule has 5 nitrogen and oxygen atoms in total. The molecule has 1 fully saturated rings. The van der Waals surface area contributed by atoms with Gasteiger partial charge in [0.15, 0.2) is 0 Å². The number of carbonyl (C=O) groups excluding carboxylic acids is 1. The number of carbonyl (C=O) groups is 1. The maximum Gasteiger partial charge on any atom is 0.252 e. The van der Waals surface area contributed by atoms with Gasteiger partial charge in [-0.25, -0.2) is 0 Å². The zero-order chi connectivity index (χ0) is 16.9. The molecule has 1 aromatic heterocycles. The third-order valence-corrected chi connectivity index (χ3v) is 4.40. The minimum absolute atomic E-state index is 0.0967. The Morgan fingerprint density at radius 3 is 2.71 bits per heavy atom. The van der Waals surface area contributed by atoms with Gasteiger partial charge in [0.2, 0.25) is 0 Å². The van der Waals surface area contributed by atoms with Crippen LogP contribution < -0.4 is 10.1 Å². The van der Waals surface area contributed by atoms with Gasteiger partial charge in [-0.2, -0.15) is 0 Å². The number of halogens is 1. The number of pyridine rings is 1. The van der Waals surface area contributed by atoms with Gasteiger partial charge in [-0.1, -0.05) is 11.6 Å². The van der Waals surface area contributed by atoms with Crippen molar-refractivity contribution in [1.29, 1.82) is 0 Å². The predicted molar refractivity (Wildman–Crippen MR) is 91.2 cm³/mol. The van der Waals surface area contributed by atoms with Crippen LogP contribution in [0.4, 0.5) is 0 Å². The molecule has 1 aliphatic rings. The first-order chi connectivity index (χ1) is 11.6. The van der Waals surface area contributed by atoms with Crippen LogP contribution in [-0.4, -0.2) is 28.6 Å². The van der Waals surface area contributed by atoms with E-state index in [1.165, 1.54) is 6.42 Å². The molecule has 2 N–H and O–H groups in total. The molecule has 0 aliphatic heterocycles. The number of aromatic nitrogens is 1. The Kier molecular flexibility index (Phi) is 5.33. The van der Waals surface area contributed by atoms with Crippen molar-refractivity contribution < 1.29 is 14.6 Å². The summed E-state index contributed by atoms with van der Waals surface area (Å²) < 4.78 is 5.76. The van der Waals surface area contributed by atoms with E-state index in [1.54, 1.807) is 42.7 Å². The van der Waals surface area contributed by atoms with Gasteiger partial charge in [-0.05, 0) is 55.2 Å². The molecule has 0 bridgehead atoms. The molecule has 1 amide bonds. The number of nitrogens with one attached hydrogen (secondary N) is 1. The van der Waals surface area contributed by atoms with Gasteiger partial charge in [-0.15, -0.1) is 0 Å². The van der Waals surface area contributed by atoms with Crippen molar-refractivity contribution in [3.63, 3.8) is 0 Å². The topological polar surface area (TPSA) is 71.5 Å². The zero-order valence-electron chi connectivity index (χ0n) is 13.1. The van der Waals surface area contributed by atoms with Crippen LogP contribution in [0.15, 0.2) is 42.7 Å². The summed E-state index contributed by atoms with van der Waals surface area (Å²) in [4.78, 5) is 16.1. The third-order valence-electron chi connectivity index (χ3n) is 4.09. The van der Waals surface area contributed by atoms with E-state index in [1.807, 2.05) is 0 Å². The van der Waals surface area contributed by atoms with Gasteiger partial charge in [0.25, 0.3) is 5.91 Å². The van der Waals surface area contributed by atoms with Crippen molar-refractivity contribution in [2.45, 2.75) is 31.5 Å². The number of hydrogen-bond acceptors (Lipinski definition) is 4. The van der Waals surface area contributed by atoms with Crippen LogP contribution in [0.5, 0.6) is 5.75 Å². The van der Waals surface area contributed by atoms with Crippen molar-refractivity contribution in [2.75, 3.05) is 6.54 Å². The monoisotopic (exact) mass is 346 g/mol. The molecule has 1 saturated carbocycles. The summed E-state index contributed by atoms with van der Waals surface area (Å²) in [6.45, 7) is 0.0967. The summed E-state index contributed by atoms with van der Waals surface area (Å²) in [6, 6.07) is 8.46. The average Bonchev–Trinajstić information content (AvgIpc) is 2.56. The largest absolute Gasteiger partial charge is 0.490 e. The highest BCUT2D eigenvalue weighted by molar-refractivity contribution is 6.34. The Morgan fingerprint density at radius 1 is 1.33 bits per heavy atom. The molecule has 6 heteroatoms. The minimum Gasteiger partial charge on any atom is -0.490 e. The van der Waals surface area contributed by atoms with Crippen LogP contribution in [0, 0.1) is 0 Å². The highest BCUT2D eigenvalue weighted by Gasteiger charge is 2.20. The second-order valence-corrected chi connectivity index (χ2v) is 6.23. The van der Waals surface area contributed by atoms with Crippen LogP contribution in [0.2, 0.25) is 5.02 Å². The molecule has 0 spiro atoms. The molecular weight excluding hydrogens is 328 g/mol. The number of aliphatic hydroxyl groups is 1. The fourth-order valence-corrected chi connectivity index (χ4v) is 2.68. The SMILES string of the molecule is O=C(NCC(O)c1ccncc1)c1ccc(OC2CCC2)cc1Cl. The summed E-state index contributed by atoms with van der Waals surface area (Å²) >= 11 is 6.19. The van der Waals surface area contributed by atoms with Gasteiger partial charge >= 0.3 is 0 Å². The Balaban J connectivity index is 1.58. The number of rotatable bonds is 6. The van der Waals surface area contributed by atoms with E-state index in [-0.39, 0.29) is 18.6 Å². The van der Waals surface area contributed by atoms with Crippen molar-refractivity contribution in [1.82, 2.24) is 10.3 Å². The zero-order valence-corrected chi connectivity index (χ0v) is 13.9. The maximum atomic E-state index is 12.2. The van der Waals surface area contributed by atoms with Gasteiger partial charge in [0.05, 0.1) is 22.8 Å². The van der Waals surface area contributed by atoms with Gasteiger partial charge in [0, 0.05) is 18.9 Å². The van der Waals surface area contributed by atoms with E-state index in [0.29, 0.717) is 21.9 Å². The van der Waals surface area contributed by atoms with E-state index in [4.69, 9.17) is 16.3 Å². The van der Waals surface area contributed by atoms with E-state index >= 15 is 0 Å². The predicted octanol–water partition coefficient (Wildman–Crippen LogP) is 3.13. The van der Waals surface area contributed by atoms with Crippen LogP contribution >= 0.6 is 11.6 Å². The molecular formula is C18H19ClN2O3. The standard InChI is InChI=1S/C18H19ClN2O3/c19-16-10-14(24-13-2-1-3-13)4-5-15(16)18(23)21-11-17(22)12-6-8-20-9-7-12/h4-10,13,17,22H,1-3,11H2,(H,21,23). The van der Waals surface area contributed by atoms with E-state index in [0.717, 1.165) is 12.8 Å². The van der Waals surface area contributed by atoms with Gasteiger partial charge < -0.3 is 15.2 Å². The highest BCUT2D eigenvalue weighted by Crippen LogP contribution is 2.28. The first kappa shape index (κ1) is 16.7. The van der Waals surface area contributed by atoms with E-state index in [2.05, 4.69) is 10.3 Å². The van der Waals surface area contributed by atoms with E-state index in [9.17, 15) is 9.90 Å². The lowest BCUT2D eigenvalue weighted by atomic mass is 9.96. The average molecular weight is 347 g/mol. The summed E-state index contributed by atoms with van der Waals surface area (Å²) in [5.74, 6) is 0.348. The summed E-state index contributed by atoms with van der Waals surface area (Å²) in [5, 5.41) is 13.1. The minimum atomic E-state index is -0.794. The molecule has 1 unspecified atom stereocenters. The molecule has 1 atom stereocenters. The number of amides is 1. The van der Waals surface area contributed by atoms with E-state index < -0.39 is 6.10 Å². The van der Waals surface area contributed by atoms with Crippen LogP contribution in [0.25, 0.3) is 0 Å². The third kappa shape index (κ3) is 4.04. The Hall–Kier alpha value is -2.11. The molecule has 1 aliphatic carbocycles. The Labute approximate surface area is 145 Å². The first-order valence-electron chi connectivity index (χ1n) is 7.96. The molecule has 0 saturated heterocycles. The van der Waals surface area contributed by atoms with Crippen molar-refractivity contribution in [3.05, 3.63) is 58.9 Å². The molecule has 3 rings (SSSR count). The van der Waals surface area contributed by atoms with Gasteiger partial charge in [0.1, 0.15) is 5.75 Å². The number of nitrogens with zero attached hydrogens (tertiary/aromatic N) is 1. The van der Waals surface area contributed by atoms with Crippen LogP contribution in [0.3, 0.4) is 0 Å². The smallest absolute Gasteiger partial charge is 0.252 e. The second-order valence-electron chi connectivity index (χ2n) is 5.82. The Bertz CT molecular complexity index is 705. The molecule has 1 heterocycles. The fourth-order valence-electron chi connectivity index (χ4n) is 2.42. The first-order valence-corrected chi connectivity index (χ1v) is 8.33. The lowest BCUT2D eigenvalue weighted by molar-refractivity contribution is 0.0916. The van der Waals surface area contributed by atoms with Crippen LogP contribution in [-0.2, 0) is 0 Å². The lowest BCUT2D eigenvalue weighted by Crippen LogP contribution is -2.28. The summed E-state index contributed by atoms with van der Waals surface area (Å²) in [6.07, 6.45) is 5.97. The molecule has 0 radical (unpaired) electrons. The fraction of sp³-hybridized carbons (Fsp3) is 0.333. The van der Waals surface area contributed by atoms with Crippen LogP contribution in [0.1, 0.15) is 41.3 Å². The number of ether oxygens (including phenoxy) is 1. The lowest BCUT2D eigenvalue weighted by Gasteiger charge is -2.26. The van der Waals surface area contributed by atoms with Crippen molar-refractivity contribution >= 4 is 17.5 Å². The van der Waals surface area contributed by atoms with Crippen molar-refractivity contribution in [3.8, 4) is 5.75 Å². The van der Waals surface area contributed by atoms with Gasteiger partial charge in [-0.3, -0.25) is 9.78 Å². The molecule has 2 aromatic rings.